The van der Waals surface area contributed by atoms with Crippen LogP contribution in [-0.4, -0.2) is 75.6 Å². The Kier molecular flexibility index (Phi) is 8.61. The number of para-hydroxylation sites is 1. The van der Waals surface area contributed by atoms with Gasteiger partial charge in [0.25, 0.3) is 0 Å². The number of ether oxygens (including phenoxy) is 2. The summed E-state index contributed by atoms with van der Waals surface area (Å²) in [5, 5.41) is 0. The fraction of sp³-hybridized carbons (Fsp3) is 0.500. The molecule has 0 saturated carbocycles. The molecule has 8 nitrogen and oxygen atoms in total. The van der Waals surface area contributed by atoms with Crippen molar-refractivity contribution in [3.05, 3.63) is 65.5 Å². The van der Waals surface area contributed by atoms with E-state index in [2.05, 4.69) is 4.90 Å². The van der Waals surface area contributed by atoms with Crippen molar-refractivity contribution in [1.29, 1.82) is 0 Å². The minimum absolute atomic E-state index is 0.102. The lowest BCUT2D eigenvalue weighted by atomic mass is 10.1. The van der Waals surface area contributed by atoms with Gasteiger partial charge in [0.05, 0.1) is 43.7 Å². The molecular weight excluding hydrogens is 485 g/mol. The summed E-state index contributed by atoms with van der Waals surface area (Å²) in [5.74, 6) is -0.861. The van der Waals surface area contributed by atoms with Crippen LogP contribution in [0.5, 0.6) is 0 Å². The summed E-state index contributed by atoms with van der Waals surface area (Å²) in [5.41, 5.74) is 0.723. The number of piperazine rings is 1. The first kappa shape index (κ1) is 26.5. The molecule has 2 saturated heterocycles. The van der Waals surface area contributed by atoms with E-state index in [-0.39, 0.29) is 24.3 Å². The van der Waals surface area contributed by atoms with Gasteiger partial charge in [0.1, 0.15) is 5.82 Å². The molecule has 0 amide bonds. The third-order valence-corrected chi connectivity index (χ3v) is 8.50. The Balaban J connectivity index is 1.50. The quantitative estimate of drug-likeness (QED) is 0.448. The van der Waals surface area contributed by atoms with E-state index in [1.165, 1.54) is 20.7 Å². The van der Waals surface area contributed by atoms with E-state index in [0.717, 1.165) is 12.5 Å². The Hall–Kier alpha value is -2.53. The number of benzene rings is 2. The summed E-state index contributed by atoms with van der Waals surface area (Å²) in [6.45, 7) is 7.44. The predicted octanol–water partition coefficient (Wildman–Crippen LogP) is 3.30. The van der Waals surface area contributed by atoms with Crippen LogP contribution < -0.4 is 4.31 Å². The number of hydrogen-bond donors (Lipinski definition) is 0. The number of nitrogens with zero attached hydrogens (tertiary/aromatic N) is 3. The van der Waals surface area contributed by atoms with Gasteiger partial charge in [-0.15, -0.1) is 0 Å². The molecule has 0 spiro atoms. The van der Waals surface area contributed by atoms with Gasteiger partial charge in [-0.2, -0.15) is 12.7 Å². The van der Waals surface area contributed by atoms with Gasteiger partial charge >= 0.3 is 16.2 Å². The summed E-state index contributed by atoms with van der Waals surface area (Å²) < 4.78 is 55.7. The Labute approximate surface area is 212 Å². The molecule has 2 aliphatic rings. The minimum Gasteiger partial charge on any atom is -0.462 e. The molecule has 2 fully saturated rings. The van der Waals surface area contributed by atoms with Crippen LogP contribution in [0.15, 0.2) is 48.5 Å². The second kappa shape index (κ2) is 11.7. The van der Waals surface area contributed by atoms with Gasteiger partial charge in [-0.05, 0) is 36.6 Å². The summed E-state index contributed by atoms with van der Waals surface area (Å²) in [7, 11) is -3.93. The third kappa shape index (κ3) is 6.23. The zero-order valence-electron chi connectivity index (χ0n) is 20.8. The molecule has 2 heterocycles. The van der Waals surface area contributed by atoms with Crippen LogP contribution in [0.2, 0.25) is 0 Å². The molecule has 196 valence electrons. The van der Waals surface area contributed by atoms with Gasteiger partial charge in [0, 0.05) is 31.7 Å². The maximum absolute atomic E-state index is 15.1. The van der Waals surface area contributed by atoms with Crippen molar-refractivity contribution >= 4 is 21.9 Å². The fourth-order valence-electron chi connectivity index (χ4n) is 4.20. The van der Waals surface area contributed by atoms with E-state index in [0.29, 0.717) is 57.0 Å². The van der Waals surface area contributed by atoms with Crippen molar-refractivity contribution in [2.45, 2.75) is 32.9 Å². The number of hydrogen-bond acceptors (Lipinski definition) is 6. The lowest BCUT2D eigenvalue weighted by Gasteiger charge is -2.43. The molecular formula is C26H34FN3O5S. The second-order valence-electron chi connectivity index (χ2n) is 9.60. The van der Waals surface area contributed by atoms with Gasteiger partial charge in [0.15, 0.2) is 0 Å². The average molecular weight is 520 g/mol. The van der Waals surface area contributed by atoms with Crippen LogP contribution in [0, 0.1) is 11.7 Å². The first-order chi connectivity index (χ1) is 17.3. The number of anilines is 1. The number of carbonyl (C=O) groups is 1. The Morgan fingerprint density at radius 1 is 1.11 bits per heavy atom. The van der Waals surface area contributed by atoms with Crippen LogP contribution >= 0.6 is 0 Å². The summed E-state index contributed by atoms with van der Waals surface area (Å²) in [6.07, 6.45) is 0.721. The molecule has 36 heavy (non-hydrogen) atoms. The maximum atomic E-state index is 15.1. The SMILES string of the molecule is CC(C)CCOC(=O)c1ccc(CN(c2ccccc2)S(=O)(=O)N2CCN(C3COC3)CC2)c(F)c1. The van der Waals surface area contributed by atoms with Crippen molar-refractivity contribution in [3.63, 3.8) is 0 Å². The first-order valence-corrected chi connectivity index (χ1v) is 13.8. The van der Waals surface area contributed by atoms with Gasteiger partial charge in [-0.25, -0.2) is 9.18 Å². The second-order valence-corrected chi connectivity index (χ2v) is 11.5. The number of esters is 1. The molecule has 0 radical (unpaired) electrons. The fourth-order valence-corrected chi connectivity index (χ4v) is 5.79. The van der Waals surface area contributed by atoms with Crippen LogP contribution in [0.1, 0.15) is 36.2 Å². The van der Waals surface area contributed by atoms with Gasteiger partial charge in [-0.3, -0.25) is 9.21 Å². The van der Waals surface area contributed by atoms with Crippen LogP contribution in [0.4, 0.5) is 10.1 Å². The lowest BCUT2D eigenvalue weighted by Crippen LogP contribution is -2.59. The lowest BCUT2D eigenvalue weighted by molar-refractivity contribution is -0.0721. The van der Waals surface area contributed by atoms with Crippen LogP contribution in [-0.2, 0) is 26.2 Å². The molecule has 0 aliphatic carbocycles. The van der Waals surface area contributed by atoms with Crippen LogP contribution in [0.3, 0.4) is 0 Å². The van der Waals surface area contributed by atoms with E-state index in [4.69, 9.17) is 9.47 Å². The molecule has 4 rings (SSSR count). The number of carbonyl (C=O) groups excluding carboxylic acids is 1. The standard InChI is InChI=1S/C26H34FN3O5S/c1-20(2)10-15-35-26(31)21-8-9-22(25(27)16-21)17-30(23-6-4-3-5-7-23)36(32,33)29-13-11-28(12-14-29)24-18-34-19-24/h3-9,16,20,24H,10-15,17-19H2,1-2H3. The maximum Gasteiger partial charge on any atom is 0.338 e. The number of rotatable bonds is 10. The van der Waals surface area contributed by atoms with E-state index in [1.54, 1.807) is 30.3 Å². The normalized spacial score (nSPS) is 17.7. The summed E-state index contributed by atoms with van der Waals surface area (Å²) >= 11 is 0. The van der Waals surface area contributed by atoms with E-state index in [9.17, 15) is 13.2 Å². The zero-order chi connectivity index (χ0) is 25.7. The molecule has 10 heteroatoms. The van der Waals surface area contributed by atoms with Crippen molar-refractivity contribution in [1.82, 2.24) is 9.21 Å². The topological polar surface area (TPSA) is 79.4 Å². The highest BCUT2D eigenvalue weighted by molar-refractivity contribution is 7.90. The largest absolute Gasteiger partial charge is 0.462 e. The minimum atomic E-state index is -3.93. The number of halogens is 1. The van der Waals surface area contributed by atoms with Crippen molar-refractivity contribution in [2.75, 3.05) is 50.3 Å². The zero-order valence-corrected chi connectivity index (χ0v) is 21.6. The highest BCUT2D eigenvalue weighted by atomic mass is 32.2. The van der Waals surface area contributed by atoms with Gasteiger partial charge in [-0.1, -0.05) is 38.1 Å². The predicted molar refractivity (Wildman–Crippen MR) is 135 cm³/mol. The molecule has 0 atom stereocenters. The van der Waals surface area contributed by atoms with Crippen molar-refractivity contribution < 1.29 is 27.1 Å². The van der Waals surface area contributed by atoms with E-state index < -0.39 is 22.0 Å². The summed E-state index contributed by atoms with van der Waals surface area (Å²) in [4.78, 5) is 14.5. The molecule has 2 aliphatic heterocycles. The molecule has 0 bridgehead atoms. The molecule has 2 aromatic rings. The first-order valence-electron chi connectivity index (χ1n) is 12.4. The summed E-state index contributed by atoms with van der Waals surface area (Å²) in [6, 6.07) is 13.1. The Bertz CT molecular complexity index is 1130. The van der Waals surface area contributed by atoms with Crippen molar-refractivity contribution in [2.24, 2.45) is 5.92 Å². The molecule has 0 aromatic heterocycles. The van der Waals surface area contributed by atoms with Crippen molar-refractivity contribution in [3.8, 4) is 0 Å². The Morgan fingerprint density at radius 3 is 2.39 bits per heavy atom. The molecule has 0 N–H and O–H groups in total. The third-order valence-electron chi connectivity index (χ3n) is 6.59. The van der Waals surface area contributed by atoms with Crippen LogP contribution in [0.25, 0.3) is 0 Å². The van der Waals surface area contributed by atoms with Gasteiger partial charge < -0.3 is 9.47 Å². The highest BCUT2D eigenvalue weighted by Gasteiger charge is 2.36. The van der Waals surface area contributed by atoms with E-state index in [1.807, 2.05) is 13.8 Å². The van der Waals surface area contributed by atoms with Gasteiger partial charge in [0.2, 0.25) is 0 Å². The smallest absolute Gasteiger partial charge is 0.338 e. The van der Waals surface area contributed by atoms with E-state index >= 15 is 4.39 Å². The Morgan fingerprint density at radius 2 is 1.81 bits per heavy atom. The molecule has 0 unspecified atom stereocenters. The highest BCUT2D eigenvalue weighted by Crippen LogP contribution is 2.26. The average Bonchev–Trinajstić information content (AvgIpc) is 2.82. The molecule has 2 aromatic carbocycles. The monoisotopic (exact) mass is 519 g/mol.